The fourth-order valence-corrected chi connectivity index (χ4v) is 5.12. The molecular formula is C21H25ClN2O5S. The second-order valence-electron chi connectivity index (χ2n) is 8.00. The van der Waals surface area contributed by atoms with E-state index < -0.39 is 10.0 Å². The van der Waals surface area contributed by atoms with Gasteiger partial charge in [0.2, 0.25) is 0 Å². The van der Waals surface area contributed by atoms with Gasteiger partial charge >= 0.3 is 0 Å². The van der Waals surface area contributed by atoms with Crippen LogP contribution in [0.25, 0.3) is 0 Å². The van der Waals surface area contributed by atoms with Crippen LogP contribution < -0.4 is 4.74 Å². The van der Waals surface area contributed by atoms with Crippen molar-refractivity contribution in [2.45, 2.75) is 50.5 Å². The number of amides is 1. The molecule has 30 heavy (non-hydrogen) atoms. The number of benzene rings is 1. The van der Waals surface area contributed by atoms with E-state index in [0.29, 0.717) is 47.5 Å². The number of piperidine rings is 1. The van der Waals surface area contributed by atoms with Gasteiger partial charge in [-0.1, -0.05) is 11.6 Å². The van der Waals surface area contributed by atoms with Gasteiger partial charge in [-0.05, 0) is 68.2 Å². The van der Waals surface area contributed by atoms with Crippen molar-refractivity contribution in [2.75, 3.05) is 19.4 Å². The van der Waals surface area contributed by atoms with Gasteiger partial charge < -0.3 is 14.4 Å². The average molecular weight is 453 g/mol. The number of nitrogens with zero attached hydrogens (tertiary/aromatic N) is 2. The number of carbonyl (C=O) groups is 1. The molecule has 2 fully saturated rings. The topological polar surface area (TPSA) is 85.3 Å². The number of ether oxygens (including phenoxy) is 2. The van der Waals surface area contributed by atoms with Gasteiger partial charge in [-0.25, -0.2) is 8.42 Å². The normalized spacial score (nSPS) is 28.1. The first kappa shape index (κ1) is 21.2. The third-order valence-electron chi connectivity index (χ3n) is 5.77. The second-order valence-corrected chi connectivity index (χ2v) is 10.1. The lowest BCUT2D eigenvalue weighted by Gasteiger charge is -2.31. The predicted octanol–water partition coefficient (Wildman–Crippen LogP) is 3.64. The molecule has 0 N–H and O–H groups in total. The van der Waals surface area contributed by atoms with Crippen LogP contribution in [0.5, 0.6) is 5.75 Å². The first-order valence-electron chi connectivity index (χ1n) is 10.2. The van der Waals surface area contributed by atoms with Gasteiger partial charge in [0.1, 0.15) is 17.7 Å². The first-order valence-corrected chi connectivity index (χ1v) is 12.4. The number of allylic oxidation sites excluding steroid dienone is 1. The molecule has 2 bridgehead atoms. The van der Waals surface area contributed by atoms with Crippen LogP contribution in [0.4, 0.5) is 0 Å². The quantitative estimate of drug-likeness (QED) is 0.649. The molecule has 0 atom stereocenters. The maximum atomic E-state index is 13.0. The van der Waals surface area contributed by atoms with Crippen LogP contribution in [0.3, 0.4) is 0 Å². The minimum absolute atomic E-state index is 0.0106. The van der Waals surface area contributed by atoms with E-state index in [4.69, 9.17) is 21.1 Å². The highest BCUT2D eigenvalue weighted by Gasteiger charge is 2.31. The monoisotopic (exact) mass is 452 g/mol. The Morgan fingerprint density at radius 1 is 1.20 bits per heavy atom. The van der Waals surface area contributed by atoms with E-state index >= 15 is 0 Å². The number of hydrogen-bond donors (Lipinski definition) is 0. The molecule has 4 aliphatic rings. The van der Waals surface area contributed by atoms with E-state index in [1.165, 1.54) is 11.2 Å². The van der Waals surface area contributed by atoms with Crippen LogP contribution in [0, 0.1) is 0 Å². The molecule has 1 amide bonds. The van der Waals surface area contributed by atoms with Crippen LogP contribution in [0.1, 0.15) is 50.0 Å². The zero-order chi connectivity index (χ0) is 21.3. The summed E-state index contributed by atoms with van der Waals surface area (Å²) in [6.07, 6.45) is 7.23. The zero-order valence-corrected chi connectivity index (χ0v) is 18.4. The molecule has 1 saturated carbocycles. The van der Waals surface area contributed by atoms with Crippen LogP contribution in [0.2, 0.25) is 5.02 Å². The molecule has 5 rings (SSSR count). The Labute approximate surface area is 181 Å². The second kappa shape index (κ2) is 8.59. The summed E-state index contributed by atoms with van der Waals surface area (Å²) in [4.78, 5) is 14.5. The first-order chi connectivity index (χ1) is 14.3. The molecule has 1 aromatic carbocycles. The third-order valence-corrected chi connectivity index (χ3v) is 6.56. The highest BCUT2D eigenvalue weighted by Crippen LogP contribution is 2.40. The van der Waals surface area contributed by atoms with Gasteiger partial charge in [-0.2, -0.15) is 4.40 Å². The fourth-order valence-electron chi connectivity index (χ4n) is 4.35. The van der Waals surface area contributed by atoms with Crippen molar-refractivity contribution in [1.29, 1.82) is 0 Å². The fraction of sp³-hybridized carbons (Fsp3) is 0.524. The van der Waals surface area contributed by atoms with Crippen molar-refractivity contribution in [3.05, 3.63) is 40.7 Å². The molecule has 1 saturated heterocycles. The van der Waals surface area contributed by atoms with E-state index in [9.17, 15) is 13.2 Å². The van der Waals surface area contributed by atoms with E-state index in [1.807, 2.05) is 12.1 Å². The molecule has 1 aliphatic carbocycles. The van der Waals surface area contributed by atoms with Gasteiger partial charge in [-0.3, -0.25) is 4.79 Å². The molecule has 1 aromatic rings. The van der Waals surface area contributed by atoms with Crippen LogP contribution in [0.15, 0.2) is 34.6 Å². The molecule has 0 radical (unpaired) electrons. The van der Waals surface area contributed by atoms with E-state index in [1.54, 1.807) is 6.07 Å². The lowest BCUT2D eigenvalue weighted by Crippen LogP contribution is -2.41. The minimum atomic E-state index is -3.59. The van der Waals surface area contributed by atoms with E-state index in [0.717, 1.165) is 37.5 Å². The Morgan fingerprint density at radius 2 is 1.97 bits per heavy atom. The molecule has 162 valence electrons. The van der Waals surface area contributed by atoms with Gasteiger partial charge in [-0.15, -0.1) is 0 Å². The standard InChI is InChI=1S/C21H25ClN2O5S/c1-30(26,27)23-18-3-2-10-24-19(18)12-28-16-7-4-14(5-8-16)17-11-15(22)6-9-20(17)29-13-21(24)25/h6,9,11-12,14,16H,2-5,7-8,10,13H2,1H3/b19-12-,23-18+. The van der Waals surface area contributed by atoms with Crippen molar-refractivity contribution >= 4 is 33.2 Å². The van der Waals surface area contributed by atoms with Crippen molar-refractivity contribution in [2.24, 2.45) is 4.40 Å². The minimum Gasteiger partial charge on any atom is -0.496 e. The molecule has 9 heteroatoms. The molecule has 3 aliphatic heterocycles. The van der Waals surface area contributed by atoms with Crippen molar-refractivity contribution in [1.82, 2.24) is 4.90 Å². The Kier molecular flexibility index (Phi) is 6.06. The molecule has 0 unspecified atom stereocenters. The zero-order valence-electron chi connectivity index (χ0n) is 16.8. The lowest BCUT2D eigenvalue weighted by molar-refractivity contribution is -0.131. The number of rotatable bonds is 1. The van der Waals surface area contributed by atoms with Gasteiger partial charge in [0.05, 0.1) is 18.1 Å². The number of fused-ring (bicyclic) bond motifs is 5. The van der Waals surface area contributed by atoms with Crippen molar-refractivity contribution in [3.63, 3.8) is 0 Å². The van der Waals surface area contributed by atoms with E-state index in [-0.39, 0.29) is 18.6 Å². The van der Waals surface area contributed by atoms with Gasteiger partial charge in [0.15, 0.2) is 6.61 Å². The summed E-state index contributed by atoms with van der Waals surface area (Å²) < 4.78 is 39.4. The Balaban J connectivity index is 1.71. The smallest absolute Gasteiger partial charge is 0.265 e. The van der Waals surface area contributed by atoms with Crippen LogP contribution in [-0.4, -0.2) is 50.4 Å². The highest BCUT2D eigenvalue weighted by molar-refractivity contribution is 7.89. The number of halogens is 1. The highest BCUT2D eigenvalue weighted by atomic mass is 35.5. The Morgan fingerprint density at radius 3 is 2.70 bits per heavy atom. The maximum Gasteiger partial charge on any atom is 0.265 e. The number of sulfonamides is 1. The molecule has 0 aromatic heterocycles. The van der Waals surface area contributed by atoms with Crippen molar-refractivity contribution in [3.8, 4) is 5.75 Å². The molecular weight excluding hydrogens is 428 g/mol. The molecule has 7 nitrogen and oxygen atoms in total. The number of hydrogen-bond acceptors (Lipinski definition) is 5. The van der Waals surface area contributed by atoms with E-state index in [2.05, 4.69) is 4.40 Å². The lowest BCUT2D eigenvalue weighted by atomic mass is 9.82. The summed E-state index contributed by atoms with van der Waals surface area (Å²) in [5.74, 6) is 0.703. The van der Waals surface area contributed by atoms with Gasteiger partial charge in [0, 0.05) is 11.6 Å². The van der Waals surface area contributed by atoms with Crippen LogP contribution >= 0.6 is 11.6 Å². The van der Waals surface area contributed by atoms with Crippen molar-refractivity contribution < 1.29 is 22.7 Å². The molecule has 3 heterocycles. The van der Waals surface area contributed by atoms with Gasteiger partial charge in [0.25, 0.3) is 15.9 Å². The summed E-state index contributed by atoms with van der Waals surface area (Å²) in [7, 11) is -3.59. The predicted molar refractivity (Wildman–Crippen MR) is 114 cm³/mol. The number of carbonyl (C=O) groups excluding carboxylic acids is 1. The Bertz CT molecular complexity index is 997. The average Bonchev–Trinajstić information content (AvgIpc) is 2.71. The largest absolute Gasteiger partial charge is 0.496 e. The summed E-state index contributed by atoms with van der Waals surface area (Å²) in [6, 6.07) is 5.51. The maximum absolute atomic E-state index is 13.0. The summed E-state index contributed by atoms with van der Waals surface area (Å²) in [5, 5.41) is 0.646. The third kappa shape index (κ3) is 4.81. The summed E-state index contributed by atoms with van der Waals surface area (Å²) in [5.41, 5.74) is 1.80. The summed E-state index contributed by atoms with van der Waals surface area (Å²) >= 11 is 6.23. The summed E-state index contributed by atoms with van der Waals surface area (Å²) in [6.45, 7) is 0.301. The van der Waals surface area contributed by atoms with Crippen LogP contribution in [-0.2, 0) is 19.6 Å². The molecule has 0 spiro atoms. The SMILES string of the molecule is CS(=O)(=O)/N=C1CCCN2C(=O)COc3ccc(Cl)cc3C3CCC(CC3)O\C=C\12. The Hall–Kier alpha value is -2.06.